The Labute approximate surface area is 200 Å². The quantitative estimate of drug-likeness (QED) is 0.476. The standard InChI is InChI=1S/C27H31N3O4/c1-3-34-27(32)24-19-25(21-10-9-11-23(18-21)33-2)30(28-24)22-14-12-20(13-15-22)26(31)29-16-7-5-4-6-8-17-29/h9-15,18-19H,3-8,16-17H2,1-2H3. The number of likely N-dealkylation sites (tertiary alicyclic amines) is 1. The smallest absolute Gasteiger partial charge is 0.358 e. The number of methoxy groups -OCH3 is 1. The van der Waals surface area contributed by atoms with Gasteiger partial charge in [0.25, 0.3) is 5.91 Å². The molecule has 0 aliphatic carbocycles. The van der Waals surface area contributed by atoms with Crippen LogP contribution in [0, 0.1) is 0 Å². The van der Waals surface area contributed by atoms with Gasteiger partial charge in [-0.15, -0.1) is 0 Å². The Morgan fingerprint density at radius 1 is 0.941 bits per heavy atom. The first-order valence-corrected chi connectivity index (χ1v) is 11.9. The third-order valence-corrected chi connectivity index (χ3v) is 6.06. The minimum absolute atomic E-state index is 0.0640. The van der Waals surface area contributed by atoms with Gasteiger partial charge in [0.15, 0.2) is 5.69 Å². The largest absolute Gasteiger partial charge is 0.497 e. The summed E-state index contributed by atoms with van der Waals surface area (Å²) in [4.78, 5) is 27.4. The molecule has 1 aliphatic rings. The maximum Gasteiger partial charge on any atom is 0.358 e. The summed E-state index contributed by atoms with van der Waals surface area (Å²) in [6.07, 6.45) is 5.72. The van der Waals surface area contributed by atoms with Crippen molar-refractivity contribution in [3.05, 3.63) is 65.9 Å². The van der Waals surface area contributed by atoms with E-state index in [4.69, 9.17) is 9.47 Å². The van der Waals surface area contributed by atoms with Gasteiger partial charge >= 0.3 is 5.97 Å². The summed E-state index contributed by atoms with van der Waals surface area (Å²) in [7, 11) is 1.61. The van der Waals surface area contributed by atoms with E-state index in [0.717, 1.165) is 42.9 Å². The number of ether oxygens (including phenoxy) is 2. The van der Waals surface area contributed by atoms with Crippen LogP contribution >= 0.6 is 0 Å². The fraction of sp³-hybridized carbons (Fsp3) is 0.370. The number of carbonyl (C=O) groups is 2. The monoisotopic (exact) mass is 461 g/mol. The van der Waals surface area contributed by atoms with Gasteiger partial charge in [-0.1, -0.05) is 31.4 Å². The van der Waals surface area contributed by atoms with Crippen LogP contribution in [0.5, 0.6) is 5.75 Å². The predicted octanol–water partition coefficient (Wildman–Crippen LogP) is 5.13. The molecule has 2 heterocycles. The number of esters is 1. The number of nitrogens with zero attached hydrogens (tertiary/aromatic N) is 3. The second-order valence-corrected chi connectivity index (χ2v) is 8.39. The van der Waals surface area contributed by atoms with Crippen molar-refractivity contribution in [1.29, 1.82) is 0 Å². The van der Waals surface area contributed by atoms with Crippen LogP contribution in [-0.2, 0) is 4.74 Å². The van der Waals surface area contributed by atoms with Crippen LogP contribution in [0.15, 0.2) is 54.6 Å². The Kier molecular flexibility index (Phi) is 7.62. The van der Waals surface area contributed by atoms with E-state index in [1.165, 1.54) is 19.3 Å². The molecule has 7 nitrogen and oxygen atoms in total. The Hall–Kier alpha value is -3.61. The number of aromatic nitrogens is 2. The summed E-state index contributed by atoms with van der Waals surface area (Å²) in [6.45, 7) is 3.65. The molecule has 34 heavy (non-hydrogen) atoms. The second kappa shape index (κ2) is 11.0. The third kappa shape index (κ3) is 5.30. The Morgan fingerprint density at radius 3 is 2.32 bits per heavy atom. The average molecular weight is 462 g/mol. The molecule has 4 rings (SSSR count). The predicted molar refractivity (Wildman–Crippen MR) is 130 cm³/mol. The Morgan fingerprint density at radius 2 is 1.65 bits per heavy atom. The Balaban J connectivity index is 1.66. The number of hydrogen-bond acceptors (Lipinski definition) is 5. The minimum atomic E-state index is -0.478. The van der Waals surface area contributed by atoms with Gasteiger partial charge in [-0.25, -0.2) is 9.48 Å². The number of hydrogen-bond donors (Lipinski definition) is 0. The van der Waals surface area contributed by atoms with Crippen LogP contribution in [-0.4, -0.2) is 53.4 Å². The molecule has 0 bridgehead atoms. The zero-order valence-corrected chi connectivity index (χ0v) is 19.8. The maximum absolute atomic E-state index is 13.1. The highest BCUT2D eigenvalue weighted by Gasteiger charge is 2.20. The first-order valence-electron chi connectivity index (χ1n) is 11.9. The Bertz CT molecular complexity index is 1130. The van der Waals surface area contributed by atoms with E-state index >= 15 is 0 Å². The van der Waals surface area contributed by atoms with Gasteiger partial charge in [0, 0.05) is 24.2 Å². The molecule has 1 amide bonds. The third-order valence-electron chi connectivity index (χ3n) is 6.06. The molecule has 0 saturated carbocycles. The van der Waals surface area contributed by atoms with Crippen molar-refractivity contribution < 1.29 is 19.1 Å². The molecule has 0 unspecified atom stereocenters. The van der Waals surface area contributed by atoms with E-state index in [-0.39, 0.29) is 18.2 Å². The van der Waals surface area contributed by atoms with Crippen LogP contribution in [0.1, 0.15) is 59.9 Å². The summed E-state index contributed by atoms with van der Waals surface area (Å²) < 4.78 is 12.2. The number of rotatable bonds is 6. The molecular weight excluding hydrogens is 430 g/mol. The van der Waals surface area contributed by atoms with Crippen LogP contribution in [0.25, 0.3) is 16.9 Å². The van der Waals surface area contributed by atoms with Crippen molar-refractivity contribution in [3.63, 3.8) is 0 Å². The zero-order valence-electron chi connectivity index (χ0n) is 19.8. The number of amides is 1. The van der Waals surface area contributed by atoms with E-state index in [9.17, 15) is 9.59 Å². The van der Waals surface area contributed by atoms with Gasteiger partial charge in [0.05, 0.1) is 25.1 Å². The molecule has 0 atom stereocenters. The molecule has 1 aliphatic heterocycles. The second-order valence-electron chi connectivity index (χ2n) is 8.39. The van der Waals surface area contributed by atoms with Crippen molar-refractivity contribution >= 4 is 11.9 Å². The van der Waals surface area contributed by atoms with E-state index in [0.29, 0.717) is 11.3 Å². The summed E-state index contributed by atoms with van der Waals surface area (Å²) in [5.41, 5.74) is 3.20. The molecule has 3 aromatic rings. The SMILES string of the molecule is CCOC(=O)c1cc(-c2cccc(OC)c2)n(-c2ccc(C(=O)N3CCCCCCC3)cc2)n1. The summed E-state index contributed by atoms with van der Waals surface area (Å²) in [6, 6.07) is 16.7. The van der Waals surface area contributed by atoms with Gasteiger partial charge in [0.2, 0.25) is 0 Å². The summed E-state index contributed by atoms with van der Waals surface area (Å²) in [5, 5.41) is 4.52. The molecule has 1 fully saturated rings. The van der Waals surface area contributed by atoms with Gasteiger partial charge in [-0.05, 0) is 62.2 Å². The minimum Gasteiger partial charge on any atom is -0.497 e. The maximum atomic E-state index is 13.1. The number of carbonyl (C=O) groups excluding carboxylic acids is 2. The normalized spacial score (nSPS) is 14.2. The van der Waals surface area contributed by atoms with Gasteiger partial charge in [0.1, 0.15) is 5.75 Å². The van der Waals surface area contributed by atoms with Crippen LogP contribution in [0.3, 0.4) is 0 Å². The number of benzene rings is 2. The average Bonchev–Trinajstić information content (AvgIpc) is 3.30. The van der Waals surface area contributed by atoms with E-state index < -0.39 is 5.97 Å². The molecule has 2 aromatic carbocycles. The van der Waals surface area contributed by atoms with Crippen molar-refractivity contribution in [3.8, 4) is 22.7 Å². The van der Waals surface area contributed by atoms with Crippen LogP contribution in [0.2, 0.25) is 0 Å². The lowest BCUT2D eigenvalue weighted by Crippen LogP contribution is -2.33. The first-order chi connectivity index (χ1) is 16.6. The fourth-order valence-electron chi connectivity index (χ4n) is 4.25. The molecule has 1 saturated heterocycles. The molecule has 0 radical (unpaired) electrons. The zero-order chi connectivity index (χ0) is 23.9. The van der Waals surface area contributed by atoms with Gasteiger partial charge in [-0.3, -0.25) is 4.79 Å². The molecule has 0 spiro atoms. The lowest BCUT2D eigenvalue weighted by molar-refractivity contribution is 0.0518. The van der Waals surface area contributed by atoms with Crippen molar-refractivity contribution in [2.45, 2.75) is 39.0 Å². The fourth-order valence-corrected chi connectivity index (χ4v) is 4.25. The van der Waals surface area contributed by atoms with Crippen LogP contribution in [0.4, 0.5) is 0 Å². The summed E-state index contributed by atoms with van der Waals surface area (Å²) >= 11 is 0. The molecule has 7 heteroatoms. The van der Waals surface area contributed by atoms with Gasteiger partial charge < -0.3 is 14.4 Å². The molecule has 178 valence electrons. The highest BCUT2D eigenvalue weighted by molar-refractivity contribution is 5.94. The van der Waals surface area contributed by atoms with E-state index in [1.807, 2.05) is 53.4 Å². The lowest BCUT2D eigenvalue weighted by atomic mass is 10.1. The van der Waals surface area contributed by atoms with Crippen molar-refractivity contribution in [2.24, 2.45) is 0 Å². The van der Waals surface area contributed by atoms with Crippen LogP contribution < -0.4 is 4.74 Å². The molecule has 1 aromatic heterocycles. The molecular formula is C27H31N3O4. The van der Waals surface area contributed by atoms with Crippen molar-refractivity contribution in [1.82, 2.24) is 14.7 Å². The van der Waals surface area contributed by atoms with Crippen molar-refractivity contribution in [2.75, 3.05) is 26.8 Å². The highest BCUT2D eigenvalue weighted by Crippen LogP contribution is 2.28. The topological polar surface area (TPSA) is 73.7 Å². The first kappa shape index (κ1) is 23.5. The molecule has 0 N–H and O–H groups in total. The summed E-state index contributed by atoms with van der Waals surface area (Å²) in [5.74, 6) is 0.292. The van der Waals surface area contributed by atoms with E-state index in [1.54, 1.807) is 24.8 Å². The highest BCUT2D eigenvalue weighted by atomic mass is 16.5. The lowest BCUT2D eigenvalue weighted by Gasteiger charge is -2.25. The van der Waals surface area contributed by atoms with E-state index in [2.05, 4.69) is 5.10 Å². The van der Waals surface area contributed by atoms with Gasteiger partial charge in [-0.2, -0.15) is 5.10 Å².